The summed E-state index contributed by atoms with van der Waals surface area (Å²) in [5.74, 6) is -0.838. The highest BCUT2D eigenvalue weighted by Crippen LogP contribution is 2.22. The summed E-state index contributed by atoms with van der Waals surface area (Å²) in [5, 5.41) is 6.43. The second-order valence-corrected chi connectivity index (χ2v) is 5.15. The third-order valence-electron chi connectivity index (χ3n) is 2.55. The van der Waals surface area contributed by atoms with Gasteiger partial charge in [0, 0.05) is 15.7 Å². The van der Waals surface area contributed by atoms with Crippen molar-refractivity contribution in [3.63, 3.8) is 0 Å². The molecule has 0 aliphatic carbocycles. The number of rotatable bonds is 5. The molecule has 7 heteroatoms. The highest BCUT2D eigenvalue weighted by Gasteiger charge is 2.20. The molecule has 2 unspecified atom stereocenters. The maximum absolute atomic E-state index is 11.9. The Labute approximate surface area is 127 Å². The van der Waals surface area contributed by atoms with E-state index in [1.807, 2.05) is 0 Å². The van der Waals surface area contributed by atoms with E-state index in [4.69, 9.17) is 23.2 Å². The van der Waals surface area contributed by atoms with E-state index < -0.39 is 18.1 Å². The van der Waals surface area contributed by atoms with Crippen LogP contribution in [0.15, 0.2) is 18.2 Å². The Morgan fingerprint density at radius 2 is 1.65 bits per heavy atom. The standard InChI is InChI=1S/C13H16Cl2N2O3/c1-7(12(18)17-8(2)13(19)20-3)16-11-5-9(14)4-10(15)6-11/h4-8,16H,1-3H3,(H,17,18). The lowest BCUT2D eigenvalue weighted by atomic mass is 10.2. The van der Waals surface area contributed by atoms with Crippen LogP contribution in [0.1, 0.15) is 13.8 Å². The summed E-state index contributed by atoms with van der Waals surface area (Å²) in [6, 6.07) is 3.64. The van der Waals surface area contributed by atoms with Crippen LogP contribution in [0.2, 0.25) is 10.0 Å². The van der Waals surface area contributed by atoms with Crippen molar-refractivity contribution < 1.29 is 14.3 Å². The molecule has 0 spiro atoms. The van der Waals surface area contributed by atoms with Crippen LogP contribution in [-0.4, -0.2) is 31.1 Å². The van der Waals surface area contributed by atoms with E-state index in [-0.39, 0.29) is 5.91 Å². The zero-order valence-corrected chi connectivity index (χ0v) is 12.9. The number of anilines is 1. The van der Waals surface area contributed by atoms with E-state index in [1.165, 1.54) is 7.11 Å². The predicted octanol–water partition coefficient (Wildman–Crippen LogP) is 2.47. The first-order valence-corrected chi connectivity index (χ1v) is 6.70. The highest BCUT2D eigenvalue weighted by atomic mass is 35.5. The Balaban J connectivity index is 2.63. The molecule has 110 valence electrons. The molecule has 0 aromatic heterocycles. The SMILES string of the molecule is COC(=O)C(C)NC(=O)C(C)Nc1cc(Cl)cc(Cl)c1. The van der Waals surface area contributed by atoms with Gasteiger partial charge in [-0.1, -0.05) is 23.2 Å². The number of nitrogens with one attached hydrogen (secondary N) is 2. The Hall–Kier alpha value is -1.46. The minimum absolute atomic E-state index is 0.334. The Morgan fingerprint density at radius 1 is 1.10 bits per heavy atom. The average Bonchev–Trinajstić information content (AvgIpc) is 2.36. The molecule has 1 aromatic carbocycles. The molecule has 1 aromatic rings. The lowest BCUT2D eigenvalue weighted by Gasteiger charge is -2.18. The fourth-order valence-corrected chi connectivity index (χ4v) is 2.05. The lowest BCUT2D eigenvalue weighted by molar-refractivity contribution is -0.144. The highest BCUT2D eigenvalue weighted by molar-refractivity contribution is 6.35. The van der Waals surface area contributed by atoms with E-state index in [9.17, 15) is 9.59 Å². The first-order valence-electron chi connectivity index (χ1n) is 5.94. The van der Waals surface area contributed by atoms with E-state index in [0.717, 1.165) is 0 Å². The molecule has 0 fully saturated rings. The molecule has 0 saturated carbocycles. The van der Waals surface area contributed by atoms with Gasteiger partial charge in [0.2, 0.25) is 5.91 Å². The summed E-state index contributed by atoms with van der Waals surface area (Å²) >= 11 is 11.7. The van der Waals surface area contributed by atoms with E-state index in [1.54, 1.807) is 32.0 Å². The van der Waals surface area contributed by atoms with Crippen molar-refractivity contribution in [1.29, 1.82) is 0 Å². The van der Waals surface area contributed by atoms with Gasteiger partial charge in [-0.2, -0.15) is 0 Å². The van der Waals surface area contributed by atoms with Gasteiger partial charge in [-0.15, -0.1) is 0 Å². The second-order valence-electron chi connectivity index (χ2n) is 4.28. The van der Waals surface area contributed by atoms with Gasteiger partial charge in [-0.25, -0.2) is 4.79 Å². The fourth-order valence-electron chi connectivity index (χ4n) is 1.53. The molecule has 0 bridgehead atoms. The first-order chi connectivity index (χ1) is 9.33. The topological polar surface area (TPSA) is 67.4 Å². The fraction of sp³-hybridized carbons (Fsp3) is 0.385. The number of esters is 1. The van der Waals surface area contributed by atoms with Crippen molar-refractivity contribution in [2.24, 2.45) is 0 Å². The van der Waals surface area contributed by atoms with Crippen LogP contribution in [-0.2, 0) is 14.3 Å². The number of hydrogen-bond donors (Lipinski definition) is 2. The van der Waals surface area contributed by atoms with Crippen molar-refractivity contribution in [2.45, 2.75) is 25.9 Å². The molecule has 2 atom stereocenters. The van der Waals surface area contributed by atoms with E-state index in [2.05, 4.69) is 15.4 Å². The van der Waals surface area contributed by atoms with Gasteiger partial charge in [0.05, 0.1) is 7.11 Å². The number of carbonyl (C=O) groups is 2. The summed E-state index contributed by atoms with van der Waals surface area (Å²) in [6.07, 6.45) is 0. The molecule has 0 heterocycles. The minimum atomic E-state index is -0.709. The summed E-state index contributed by atoms with van der Waals surface area (Å²) in [5.41, 5.74) is 0.621. The maximum Gasteiger partial charge on any atom is 0.328 e. The van der Waals surface area contributed by atoms with Gasteiger partial charge >= 0.3 is 5.97 Å². The van der Waals surface area contributed by atoms with Crippen molar-refractivity contribution in [2.75, 3.05) is 12.4 Å². The molecule has 0 radical (unpaired) electrons. The molecule has 2 N–H and O–H groups in total. The van der Waals surface area contributed by atoms with Gasteiger partial charge < -0.3 is 15.4 Å². The molecule has 0 aliphatic rings. The largest absolute Gasteiger partial charge is 0.467 e. The molecule has 5 nitrogen and oxygen atoms in total. The zero-order chi connectivity index (χ0) is 15.3. The second kappa shape index (κ2) is 7.36. The number of amides is 1. The van der Waals surface area contributed by atoms with Crippen LogP contribution in [0.5, 0.6) is 0 Å². The van der Waals surface area contributed by atoms with Crippen molar-refractivity contribution in [3.8, 4) is 0 Å². The first kappa shape index (κ1) is 16.6. The number of hydrogen-bond acceptors (Lipinski definition) is 4. The van der Waals surface area contributed by atoms with Crippen molar-refractivity contribution >= 4 is 40.8 Å². The normalized spacial score (nSPS) is 13.2. The van der Waals surface area contributed by atoms with Crippen LogP contribution in [0.3, 0.4) is 0 Å². The summed E-state index contributed by atoms with van der Waals surface area (Å²) < 4.78 is 4.53. The molecule has 1 amide bonds. The Bertz CT molecular complexity index is 488. The molecule has 0 saturated heterocycles. The van der Waals surface area contributed by atoms with Crippen LogP contribution in [0.4, 0.5) is 5.69 Å². The minimum Gasteiger partial charge on any atom is -0.467 e. The third-order valence-corrected chi connectivity index (χ3v) is 2.99. The molecule has 0 aliphatic heterocycles. The quantitative estimate of drug-likeness (QED) is 0.818. The molecule has 20 heavy (non-hydrogen) atoms. The smallest absolute Gasteiger partial charge is 0.328 e. The maximum atomic E-state index is 11.9. The van der Waals surface area contributed by atoms with Crippen LogP contribution in [0, 0.1) is 0 Å². The van der Waals surface area contributed by atoms with Gasteiger partial charge in [-0.05, 0) is 32.0 Å². The Kier molecular flexibility index (Phi) is 6.10. The van der Waals surface area contributed by atoms with Crippen LogP contribution >= 0.6 is 23.2 Å². The molecular formula is C13H16Cl2N2O3. The van der Waals surface area contributed by atoms with Crippen LogP contribution < -0.4 is 10.6 Å². The van der Waals surface area contributed by atoms with Gasteiger partial charge in [-0.3, -0.25) is 4.79 Å². The van der Waals surface area contributed by atoms with Gasteiger partial charge in [0.1, 0.15) is 12.1 Å². The van der Waals surface area contributed by atoms with Crippen molar-refractivity contribution in [3.05, 3.63) is 28.2 Å². The zero-order valence-electron chi connectivity index (χ0n) is 11.4. The molecule has 1 rings (SSSR count). The Morgan fingerprint density at radius 3 is 2.15 bits per heavy atom. The number of halogens is 2. The van der Waals surface area contributed by atoms with Gasteiger partial charge in [0.15, 0.2) is 0 Å². The number of benzene rings is 1. The number of carbonyl (C=O) groups excluding carboxylic acids is 2. The number of methoxy groups -OCH3 is 1. The van der Waals surface area contributed by atoms with E-state index in [0.29, 0.717) is 15.7 Å². The third kappa shape index (κ3) is 4.90. The summed E-state index contributed by atoms with van der Waals surface area (Å²) in [7, 11) is 1.26. The lowest BCUT2D eigenvalue weighted by Crippen LogP contribution is -2.45. The van der Waals surface area contributed by atoms with Gasteiger partial charge in [0.25, 0.3) is 0 Å². The molecular weight excluding hydrogens is 303 g/mol. The summed E-state index contributed by atoms with van der Waals surface area (Å²) in [4.78, 5) is 23.1. The average molecular weight is 319 g/mol. The number of ether oxygens (including phenoxy) is 1. The van der Waals surface area contributed by atoms with E-state index >= 15 is 0 Å². The predicted molar refractivity (Wildman–Crippen MR) is 79.2 cm³/mol. The van der Waals surface area contributed by atoms with Crippen LogP contribution in [0.25, 0.3) is 0 Å². The monoisotopic (exact) mass is 318 g/mol. The summed E-state index contributed by atoms with van der Waals surface area (Å²) in [6.45, 7) is 3.21. The van der Waals surface area contributed by atoms with Crippen molar-refractivity contribution in [1.82, 2.24) is 5.32 Å².